The van der Waals surface area contributed by atoms with E-state index >= 15 is 0 Å². The Morgan fingerprint density at radius 3 is 2.93 bits per heavy atom. The van der Waals surface area contributed by atoms with Crippen LogP contribution in [0.5, 0.6) is 5.75 Å². The fourth-order valence-electron chi connectivity index (χ4n) is 1.02. The summed E-state index contributed by atoms with van der Waals surface area (Å²) in [4.78, 5) is 4.20. The summed E-state index contributed by atoms with van der Waals surface area (Å²) in [6, 6.07) is 3.66. The minimum atomic E-state index is 0.705. The van der Waals surface area contributed by atoms with Crippen molar-refractivity contribution in [3.8, 4) is 16.5 Å². The Morgan fingerprint density at radius 2 is 2.29 bits per heavy atom. The number of halogens is 1. The summed E-state index contributed by atoms with van der Waals surface area (Å²) in [5, 5.41) is 8.58. The molecule has 0 aromatic carbocycles. The van der Waals surface area contributed by atoms with E-state index in [1.807, 2.05) is 12.1 Å². The number of aromatic nitrogens is 3. The van der Waals surface area contributed by atoms with Crippen LogP contribution >= 0.6 is 27.3 Å². The molecule has 0 aliphatic heterocycles. The van der Waals surface area contributed by atoms with Crippen molar-refractivity contribution in [2.24, 2.45) is 0 Å². The number of pyridine rings is 1. The Morgan fingerprint density at radius 1 is 1.43 bits per heavy atom. The lowest BCUT2D eigenvalue weighted by atomic mass is 10.3. The molecule has 0 N–H and O–H groups in total. The van der Waals surface area contributed by atoms with E-state index in [4.69, 9.17) is 4.74 Å². The van der Waals surface area contributed by atoms with E-state index in [0.717, 1.165) is 14.6 Å². The minimum absolute atomic E-state index is 0.705. The van der Waals surface area contributed by atoms with Gasteiger partial charge in [-0.1, -0.05) is 11.3 Å². The van der Waals surface area contributed by atoms with Gasteiger partial charge in [-0.05, 0) is 28.1 Å². The Balaban J connectivity index is 2.50. The van der Waals surface area contributed by atoms with Crippen molar-refractivity contribution in [2.45, 2.75) is 0 Å². The Hall–Kier alpha value is -1.01. The molecular formula is C8H6BrN3OS. The van der Waals surface area contributed by atoms with Gasteiger partial charge in [-0.2, -0.15) is 0 Å². The van der Waals surface area contributed by atoms with Crippen molar-refractivity contribution in [2.75, 3.05) is 7.11 Å². The molecule has 2 rings (SSSR count). The molecule has 72 valence electrons. The molecule has 0 aliphatic rings. The Bertz CT molecular complexity index is 446. The molecule has 0 unspecified atom stereocenters. The summed E-state index contributed by atoms with van der Waals surface area (Å²) in [5.74, 6) is 0.705. The molecular weight excluding hydrogens is 266 g/mol. The van der Waals surface area contributed by atoms with Gasteiger partial charge in [0.05, 0.1) is 7.11 Å². The SMILES string of the molecule is COc1cccnc1-c1nnc(Br)s1. The highest BCUT2D eigenvalue weighted by Gasteiger charge is 2.11. The summed E-state index contributed by atoms with van der Waals surface area (Å²) in [6.07, 6.45) is 1.70. The molecule has 0 saturated heterocycles. The van der Waals surface area contributed by atoms with Crippen LogP contribution in [0.15, 0.2) is 22.2 Å². The van der Waals surface area contributed by atoms with E-state index < -0.39 is 0 Å². The second-order valence-electron chi connectivity index (χ2n) is 2.41. The lowest BCUT2D eigenvalue weighted by molar-refractivity contribution is 0.415. The first-order valence-corrected chi connectivity index (χ1v) is 5.40. The predicted molar refractivity (Wildman–Crippen MR) is 57.4 cm³/mol. The van der Waals surface area contributed by atoms with Crippen molar-refractivity contribution in [1.82, 2.24) is 15.2 Å². The molecule has 0 amide bonds. The fourth-order valence-corrected chi connectivity index (χ4v) is 2.13. The number of ether oxygens (including phenoxy) is 1. The van der Waals surface area contributed by atoms with Gasteiger partial charge >= 0.3 is 0 Å². The third-order valence-electron chi connectivity index (χ3n) is 1.59. The number of methoxy groups -OCH3 is 1. The fraction of sp³-hybridized carbons (Fsp3) is 0.125. The summed E-state index contributed by atoms with van der Waals surface area (Å²) >= 11 is 4.67. The largest absolute Gasteiger partial charge is 0.494 e. The number of hydrogen-bond acceptors (Lipinski definition) is 5. The van der Waals surface area contributed by atoms with E-state index in [2.05, 4.69) is 31.1 Å². The van der Waals surface area contributed by atoms with E-state index in [-0.39, 0.29) is 0 Å². The van der Waals surface area contributed by atoms with Gasteiger partial charge in [0.25, 0.3) is 0 Å². The highest BCUT2D eigenvalue weighted by atomic mass is 79.9. The quantitative estimate of drug-likeness (QED) is 0.842. The molecule has 0 fully saturated rings. The highest BCUT2D eigenvalue weighted by Crippen LogP contribution is 2.30. The zero-order valence-corrected chi connectivity index (χ0v) is 9.67. The molecule has 2 aromatic heterocycles. The molecule has 6 heteroatoms. The average Bonchev–Trinajstić information content (AvgIpc) is 2.65. The molecule has 0 aliphatic carbocycles. The van der Waals surface area contributed by atoms with Crippen molar-refractivity contribution in [1.29, 1.82) is 0 Å². The zero-order valence-electron chi connectivity index (χ0n) is 7.27. The van der Waals surface area contributed by atoms with E-state index in [1.54, 1.807) is 13.3 Å². The molecule has 0 radical (unpaired) electrons. The van der Waals surface area contributed by atoms with Gasteiger partial charge in [0.2, 0.25) is 0 Å². The van der Waals surface area contributed by atoms with Crippen molar-refractivity contribution < 1.29 is 4.74 Å². The van der Waals surface area contributed by atoms with Gasteiger partial charge in [0, 0.05) is 6.20 Å². The first kappa shape index (κ1) is 9.54. The summed E-state index contributed by atoms with van der Waals surface area (Å²) in [7, 11) is 1.61. The average molecular weight is 272 g/mol. The minimum Gasteiger partial charge on any atom is -0.494 e. The standard InChI is InChI=1S/C8H6BrN3OS/c1-13-5-3-2-4-10-6(5)7-11-12-8(9)14-7/h2-4H,1H3. The number of rotatable bonds is 2. The Kier molecular flexibility index (Phi) is 2.74. The monoisotopic (exact) mass is 271 g/mol. The van der Waals surface area contributed by atoms with Crippen molar-refractivity contribution in [3.05, 3.63) is 22.2 Å². The molecule has 0 spiro atoms. The van der Waals surface area contributed by atoms with Gasteiger partial charge in [-0.15, -0.1) is 10.2 Å². The summed E-state index contributed by atoms with van der Waals surface area (Å²) in [5.41, 5.74) is 0.721. The lowest BCUT2D eigenvalue weighted by Gasteiger charge is -2.02. The number of hydrogen-bond donors (Lipinski definition) is 0. The molecule has 0 saturated carbocycles. The summed E-state index contributed by atoms with van der Waals surface area (Å²) in [6.45, 7) is 0. The van der Waals surface area contributed by atoms with E-state index in [1.165, 1.54) is 11.3 Å². The van der Waals surface area contributed by atoms with Gasteiger partial charge in [0.1, 0.15) is 11.4 Å². The van der Waals surface area contributed by atoms with Crippen molar-refractivity contribution in [3.63, 3.8) is 0 Å². The second-order valence-corrected chi connectivity index (χ2v) is 4.67. The van der Waals surface area contributed by atoms with Crippen LogP contribution in [-0.2, 0) is 0 Å². The van der Waals surface area contributed by atoms with Gasteiger partial charge in [-0.3, -0.25) is 0 Å². The van der Waals surface area contributed by atoms with Crippen LogP contribution in [0.1, 0.15) is 0 Å². The number of nitrogens with zero attached hydrogens (tertiary/aromatic N) is 3. The van der Waals surface area contributed by atoms with Crippen LogP contribution in [0.3, 0.4) is 0 Å². The van der Waals surface area contributed by atoms with Gasteiger partial charge < -0.3 is 4.74 Å². The molecule has 4 nitrogen and oxygen atoms in total. The maximum absolute atomic E-state index is 5.17. The van der Waals surface area contributed by atoms with Gasteiger partial charge in [-0.25, -0.2) is 4.98 Å². The van der Waals surface area contributed by atoms with Gasteiger partial charge in [0.15, 0.2) is 8.92 Å². The van der Waals surface area contributed by atoms with E-state index in [9.17, 15) is 0 Å². The third-order valence-corrected chi connectivity index (χ3v) is 2.96. The van der Waals surface area contributed by atoms with Crippen molar-refractivity contribution >= 4 is 27.3 Å². The van der Waals surface area contributed by atoms with Crippen LogP contribution in [-0.4, -0.2) is 22.3 Å². The zero-order chi connectivity index (χ0) is 9.97. The van der Waals surface area contributed by atoms with Crippen LogP contribution < -0.4 is 4.74 Å². The predicted octanol–water partition coefficient (Wildman–Crippen LogP) is 2.37. The normalized spacial score (nSPS) is 10.1. The van der Waals surface area contributed by atoms with Crippen LogP contribution in [0.4, 0.5) is 0 Å². The molecule has 0 atom stereocenters. The van der Waals surface area contributed by atoms with E-state index in [0.29, 0.717) is 5.75 Å². The lowest BCUT2D eigenvalue weighted by Crippen LogP contribution is -1.89. The molecule has 2 aromatic rings. The Labute approximate surface area is 93.1 Å². The molecule has 2 heterocycles. The first-order chi connectivity index (χ1) is 6.81. The first-order valence-electron chi connectivity index (χ1n) is 3.79. The second kappa shape index (κ2) is 4.02. The van der Waals surface area contributed by atoms with Crippen LogP contribution in [0, 0.1) is 0 Å². The molecule has 14 heavy (non-hydrogen) atoms. The summed E-state index contributed by atoms with van der Waals surface area (Å²) < 4.78 is 5.91. The highest BCUT2D eigenvalue weighted by molar-refractivity contribution is 9.11. The smallest absolute Gasteiger partial charge is 0.183 e. The molecule has 0 bridgehead atoms. The maximum atomic E-state index is 5.17. The third kappa shape index (κ3) is 1.76. The maximum Gasteiger partial charge on any atom is 0.183 e. The van der Waals surface area contributed by atoms with Crippen LogP contribution in [0.2, 0.25) is 0 Å². The topological polar surface area (TPSA) is 47.9 Å². The van der Waals surface area contributed by atoms with Crippen LogP contribution in [0.25, 0.3) is 10.7 Å².